The van der Waals surface area contributed by atoms with E-state index in [2.05, 4.69) is 0 Å². The number of nitrogens with zero attached hydrogens (tertiary/aromatic N) is 1. The lowest BCUT2D eigenvalue weighted by molar-refractivity contribution is -0.143. The summed E-state index contributed by atoms with van der Waals surface area (Å²) in [5, 5.41) is 0. The summed E-state index contributed by atoms with van der Waals surface area (Å²) < 4.78 is 10.7. The minimum absolute atomic E-state index is 0.0360. The fourth-order valence-corrected chi connectivity index (χ4v) is 2.49. The second-order valence-corrected chi connectivity index (χ2v) is 5.43. The van der Waals surface area contributed by atoms with E-state index < -0.39 is 0 Å². The molecule has 1 amide bonds. The lowest BCUT2D eigenvalue weighted by Crippen LogP contribution is -2.52. The molecule has 2 unspecified atom stereocenters. The van der Waals surface area contributed by atoms with Gasteiger partial charge >= 0.3 is 0 Å². The Labute approximate surface area is 126 Å². The first kappa shape index (κ1) is 15.8. The number of hydrogen-bond donors (Lipinski definition) is 1. The Balaban J connectivity index is 1.87. The molecule has 1 aromatic carbocycles. The third-order valence-electron chi connectivity index (χ3n) is 3.88. The molecule has 1 fully saturated rings. The van der Waals surface area contributed by atoms with E-state index >= 15 is 0 Å². The third-order valence-corrected chi connectivity index (χ3v) is 3.88. The number of nitrogens with two attached hydrogens (primary N) is 1. The summed E-state index contributed by atoms with van der Waals surface area (Å²) in [7, 11) is 1.65. The number of methoxy groups -OCH3 is 1. The lowest BCUT2D eigenvalue weighted by Gasteiger charge is -2.37. The van der Waals surface area contributed by atoms with Crippen LogP contribution in [0.4, 0.5) is 0 Å². The van der Waals surface area contributed by atoms with E-state index in [1.807, 2.05) is 36.1 Å². The molecule has 1 aliphatic rings. The highest BCUT2D eigenvalue weighted by atomic mass is 16.5. The van der Waals surface area contributed by atoms with Crippen molar-refractivity contribution in [3.63, 3.8) is 0 Å². The van der Waals surface area contributed by atoms with Crippen LogP contribution in [-0.2, 0) is 16.0 Å². The van der Waals surface area contributed by atoms with Gasteiger partial charge in [0.2, 0.25) is 5.91 Å². The van der Waals surface area contributed by atoms with Crippen molar-refractivity contribution >= 4 is 5.91 Å². The molecule has 0 spiro atoms. The van der Waals surface area contributed by atoms with Gasteiger partial charge in [-0.2, -0.15) is 0 Å². The second-order valence-electron chi connectivity index (χ2n) is 5.43. The van der Waals surface area contributed by atoms with Crippen molar-refractivity contribution in [2.24, 2.45) is 5.73 Å². The topological polar surface area (TPSA) is 64.8 Å². The van der Waals surface area contributed by atoms with Gasteiger partial charge in [-0.05, 0) is 31.0 Å². The highest BCUT2D eigenvalue weighted by Crippen LogP contribution is 2.16. The summed E-state index contributed by atoms with van der Waals surface area (Å²) in [5.74, 6) is 0.998. The fourth-order valence-electron chi connectivity index (χ4n) is 2.49. The van der Waals surface area contributed by atoms with E-state index in [1.165, 1.54) is 0 Å². The van der Waals surface area contributed by atoms with Crippen molar-refractivity contribution in [1.82, 2.24) is 4.90 Å². The van der Waals surface area contributed by atoms with Crippen molar-refractivity contribution in [3.8, 4) is 5.75 Å². The Morgan fingerprint density at radius 1 is 1.43 bits per heavy atom. The van der Waals surface area contributed by atoms with Crippen molar-refractivity contribution in [3.05, 3.63) is 29.8 Å². The number of amides is 1. The summed E-state index contributed by atoms with van der Waals surface area (Å²) in [4.78, 5) is 14.3. The molecule has 0 saturated carbocycles. The Hall–Kier alpha value is -1.59. The van der Waals surface area contributed by atoms with Gasteiger partial charge in [0.15, 0.2) is 0 Å². The van der Waals surface area contributed by atoms with Gasteiger partial charge in [-0.1, -0.05) is 12.1 Å². The zero-order valence-electron chi connectivity index (χ0n) is 12.7. The predicted molar refractivity (Wildman–Crippen MR) is 81.3 cm³/mol. The van der Waals surface area contributed by atoms with Crippen molar-refractivity contribution < 1.29 is 14.3 Å². The van der Waals surface area contributed by atoms with Crippen LogP contribution in [0.15, 0.2) is 24.3 Å². The Bertz CT molecular complexity index is 461. The minimum atomic E-state index is -0.0360. The molecule has 2 atom stereocenters. The molecule has 1 aliphatic heterocycles. The average molecular weight is 292 g/mol. The molecule has 1 heterocycles. The monoisotopic (exact) mass is 292 g/mol. The maximum Gasteiger partial charge on any atom is 0.223 e. The van der Waals surface area contributed by atoms with Crippen molar-refractivity contribution in [1.29, 1.82) is 0 Å². The van der Waals surface area contributed by atoms with Gasteiger partial charge in [0.25, 0.3) is 0 Å². The molecule has 116 valence electrons. The molecule has 2 rings (SSSR count). The second kappa shape index (κ2) is 7.43. The standard InChI is InChI=1S/C16H24N2O3/c1-12-11-21-15(9-17)10-18(12)16(19)8-5-13-3-6-14(20-2)7-4-13/h3-4,6-7,12,15H,5,8-11,17H2,1-2H3. The number of rotatable bonds is 5. The number of hydrogen-bond acceptors (Lipinski definition) is 4. The van der Waals surface area contributed by atoms with E-state index in [4.69, 9.17) is 15.2 Å². The Kier molecular flexibility index (Phi) is 5.59. The van der Waals surface area contributed by atoms with Crippen LogP contribution in [0.2, 0.25) is 0 Å². The summed E-state index contributed by atoms with van der Waals surface area (Å²) >= 11 is 0. The van der Waals surface area contributed by atoms with Crippen LogP contribution in [0, 0.1) is 0 Å². The first-order valence-corrected chi connectivity index (χ1v) is 7.38. The number of aryl methyl sites for hydroxylation is 1. The van der Waals surface area contributed by atoms with Gasteiger partial charge in [-0.25, -0.2) is 0 Å². The van der Waals surface area contributed by atoms with Gasteiger partial charge in [-0.15, -0.1) is 0 Å². The smallest absolute Gasteiger partial charge is 0.223 e. The van der Waals surface area contributed by atoms with Crippen LogP contribution in [-0.4, -0.2) is 49.8 Å². The molecule has 5 nitrogen and oxygen atoms in total. The molecule has 0 aromatic heterocycles. The first-order valence-electron chi connectivity index (χ1n) is 7.38. The summed E-state index contributed by atoms with van der Waals surface area (Å²) in [5.41, 5.74) is 6.77. The van der Waals surface area contributed by atoms with Gasteiger partial charge in [-0.3, -0.25) is 4.79 Å². The van der Waals surface area contributed by atoms with Gasteiger partial charge in [0.1, 0.15) is 5.75 Å². The molecular weight excluding hydrogens is 268 g/mol. The van der Waals surface area contributed by atoms with Crippen LogP contribution < -0.4 is 10.5 Å². The molecule has 1 saturated heterocycles. The van der Waals surface area contributed by atoms with Crippen LogP contribution in [0.1, 0.15) is 18.9 Å². The molecule has 0 bridgehead atoms. The van der Waals surface area contributed by atoms with E-state index in [-0.39, 0.29) is 18.1 Å². The van der Waals surface area contributed by atoms with E-state index in [0.29, 0.717) is 26.1 Å². The number of ether oxygens (including phenoxy) is 2. The van der Waals surface area contributed by atoms with E-state index in [9.17, 15) is 4.79 Å². The molecule has 1 aromatic rings. The molecular formula is C16H24N2O3. The number of benzene rings is 1. The van der Waals surface area contributed by atoms with E-state index in [1.54, 1.807) is 7.11 Å². The largest absolute Gasteiger partial charge is 0.497 e. The highest BCUT2D eigenvalue weighted by Gasteiger charge is 2.28. The summed E-state index contributed by atoms with van der Waals surface area (Å²) in [6.45, 7) is 3.63. The van der Waals surface area contributed by atoms with Crippen LogP contribution >= 0.6 is 0 Å². The molecule has 5 heteroatoms. The highest BCUT2D eigenvalue weighted by molar-refractivity contribution is 5.77. The lowest BCUT2D eigenvalue weighted by atomic mass is 10.1. The Morgan fingerprint density at radius 2 is 2.14 bits per heavy atom. The van der Waals surface area contributed by atoms with Gasteiger partial charge in [0, 0.05) is 19.5 Å². The maximum absolute atomic E-state index is 12.4. The molecule has 2 N–H and O–H groups in total. The first-order chi connectivity index (χ1) is 10.1. The predicted octanol–water partition coefficient (Wildman–Crippen LogP) is 1.20. The van der Waals surface area contributed by atoms with Crippen LogP contribution in [0.25, 0.3) is 0 Å². The van der Waals surface area contributed by atoms with Crippen LogP contribution in [0.5, 0.6) is 5.75 Å². The normalized spacial score (nSPS) is 22.1. The summed E-state index contributed by atoms with van der Waals surface area (Å²) in [6, 6.07) is 7.95. The summed E-state index contributed by atoms with van der Waals surface area (Å²) in [6.07, 6.45) is 1.21. The average Bonchev–Trinajstić information content (AvgIpc) is 2.53. The van der Waals surface area contributed by atoms with E-state index in [0.717, 1.165) is 17.7 Å². The van der Waals surface area contributed by atoms with Crippen LogP contribution in [0.3, 0.4) is 0 Å². The minimum Gasteiger partial charge on any atom is -0.497 e. The van der Waals surface area contributed by atoms with Crippen molar-refractivity contribution in [2.45, 2.75) is 31.9 Å². The number of morpholine rings is 1. The van der Waals surface area contributed by atoms with Gasteiger partial charge in [0.05, 0.1) is 25.9 Å². The Morgan fingerprint density at radius 3 is 2.76 bits per heavy atom. The molecule has 21 heavy (non-hydrogen) atoms. The zero-order valence-corrected chi connectivity index (χ0v) is 12.7. The third kappa shape index (κ3) is 4.19. The fraction of sp³-hybridized carbons (Fsp3) is 0.562. The number of carbonyl (C=O) groups is 1. The quantitative estimate of drug-likeness (QED) is 0.886. The van der Waals surface area contributed by atoms with Crippen molar-refractivity contribution in [2.75, 3.05) is 26.8 Å². The molecule has 0 radical (unpaired) electrons. The number of carbonyl (C=O) groups excluding carboxylic acids is 1. The SMILES string of the molecule is COc1ccc(CCC(=O)N2CC(CN)OCC2C)cc1. The maximum atomic E-state index is 12.4. The zero-order chi connectivity index (χ0) is 15.2. The van der Waals surface area contributed by atoms with Gasteiger partial charge < -0.3 is 20.1 Å². The molecule has 0 aliphatic carbocycles.